The van der Waals surface area contributed by atoms with Crippen LogP contribution in [0, 0.1) is 0 Å². The van der Waals surface area contributed by atoms with Crippen LogP contribution in [-0.4, -0.2) is 50.1 Å². The number of phenols is 2. The number of carbonyl (C=O) groups is 2. The van der Waals surface area contributed by atoms with E-state index in [2.05, 4.69) is 4.74 Å². The minimum atomic E-state index is -0.930. The number of aromatic hydroxyl groups is 2. The summed E-state index contributed by atoms with van der Waals surface area (Å²) in [7, 11) is 3.87. The van der Waals surface area contributed by atoms with E-state index in [9.17, 15) is 24.6 Å². The molecule has 39 heavy (non-hydrogen) atoms. The van der Waals surface area contributed by atoms with Gasteiger partial charge in [0, 0.05) is 29.2 Å². The normalized spacial score (nSPS) is 11.6. The van der Waals surface area contributed by atoms with Crippen molar-refractivity contribution >= 4 is 22.9 Å². The molecule has 0 radical (unpaired) electrons. The fraction of sp³-hybridized carbons (Fsp3) is 0.207. The predicted octanol–water partition coefficient (Wildman–Crippen LogP) is 4.13. The number of carbonyl (C=O) groups excluding carboxylic acids is 2. The molecule has 0 saturated carbocycles. The van der Waals surface area contributed by atoms with Crippen LogP contribution in [-0.2, 0) is 19.1 Å². The zero-order chi connectivity index (χ0) is 28.1. The molecular weight excluding hydrogens is 508 g/mol. The number of benzene rings is 3. The standard InChI is InChI=1S/C29H26O10/c1-35-22-10-9-17(11-24(22)38-15-26(34)37-3)18(12-25(33)36-2)27-19(30)13-20(31)28-21(32)14-23(39-29(27)28)16-7-5-4-6-8-16/h4-11,13-14,18,30-31H,12,15H2,1-3H3. The number of fused-ring (bicyclic) bond motifs is 1. The molecule has 0 fully saturated rings. The first kappa shape index (κ1) is 27.1. The van der Waals surface area contributed by atoms with Gasteiger partial charge in [-0.2, -0.15) is 0 Å². The Morgan fingerprint density at radius 2 is 1.59 bits per heavy atom. The van der Waals surface area contributed by atoms with Gasteiger partial charge in [0.1, 0.15) is 28.2 Å². The summed E-state index contributed by atoms with van der Waals surface area (Å²) in [6.45, 7) is -0.402. The first-order valence-corrected chi connectivity index (χ1v) is 11.8. The van der Waals surface area contributed by atoms with Crippen molar-refractivity contribution < 1.29 is 43.2 Å². The smallest absolute Gasteiger partial charge is 0.343 e. The molecule has 1 unspecified atom stereocenters. The molecule has 0 aliphatic heterocycles. The summed E-state index contributed by atoms with van der Waals surface area (Å²) in [5.74, 6) is -2.38. The molecule has 1 heterocycles. The number of hydrogen-bond acceptors (Lipinski definition) is 10. The number of methoxy groups -OCH3 is 3. The Labute approximate surface area is 222 Å². The first-order valence-electron chi connectivity index (χ1n) is 11.8. The number of ether oxygens (including phenoxy) is 4. The molecule has 1 atom stereocenters. The SMILES string of the molecule is COC(=O)COc1cc(C(CC(=O)OC)c2c(O)cc(O)c3c(=O)cc(-c4ccccc4)oc23)ccc1OC. The van der Waals surface area contributed by atoms with Crippen molar-refractivity contribution in [1.82, 2.24) is 0 Å². The number of esters is 2. The molecule has 0 aliphatic carbocycles. The van der Waals surface area contributed by atoms with E-state index in [-0.39, 0.29) is 34.5 Å². The van der Waals surface area contributed by atoms with E-state index in [0.29, 0.717) is 16.9 Å². The monoisotopic (exact) mass is 534 g/mol. The molecule has 10 heteroatoms. The van der Waals surface area contributed by atoms with Crippen LogP contribution in [0.25, 0.3) is 22.3 Å². The van der Waals surface area contributed by atoms with Gasteiger partial charge in [0.2, 0.25) is 0 Å². The maximum Gasteiger partial charge on any atom is 0.343 e. The Morgan fingerprint density at radius 3 is 2.26 bits per heavy atom. The third-order valence-corrected chi connectivity index (χ3v) is 6.17. The van der Waals surface area contributed by atoms with Crippen LogP contribution < -0.4 is 14.9 Å². The average molecular weight is 535 g/mol. The van der Waals surface area contributed by atoms with Gasteiger partial charge in [-0.3, -0.25) is 9.59 Å². The molecule has 3 aromatic carbocycles. The van der Waals surface area contributed by atoms with Gasteiger partial charge in [-0.25, -0.2) is 4.79 Å². The minimum Gasteiger partial charge on any atom is -0.507 e. The lowest BCUT2D eigenvalue weighted by molar-refractivity contribution is -0.143. The van der Waals surface area contributed by atoms with E-state index in [1.54, 1.807) is 36.4 Å². The second-order valence-corrected chi connectivity index (χ2v) is 8.48. The Bertz CT molecular complexity index is 1570. The molecule has 0 bridgehead atoms. The predicted molar refractivity (Wildman–Crippen MR) is 140 cm³/mol. The molecule has 1 aromatic heterocycles. The Hall–Kier alpha value is -4.99. The molecule has 4 aromatic rings. The fourth-order valence-corrected chi connectivity index (χ4v) is 4.26. The maximum atomic E-state index is 13.1. The van der Waals surface area contributed by atoms with E-state index >= 15 is 0 Å². The lowest BCUT2D eigenvalue weighted by Crippen LogP contribution is -2.14. The number of phenolic OH excluding ortho intramolecular Hbond substituents is 2. The highest BCUT2D eigenvalue weighted by Crippen LogP contribution is 2.44. The first-order chi connectivity index (χ1) is 18.8. The number of rotatable bonds is 9. The summed E-state index contributed by atoms with van der Waals surface area (Å²) < 4.78 is 26.6. The van der Waals surface area contributed by atoms with E-state index in [0.717, 1.165) is 6.07 Å². The van der Waals surface area contributed by atoms with Crippen molar-refractivity contribution in [1.29, 1.82) is 0 Å². The van der Waals surface area contributed by atoms with Gasteiger partial charge in [0.05, 0.1) is 27.8 Å². The molecule has 10 nitrogen and oxygen atoms in total. The Morgan fingerprint density at radius 1 is 0.872 bits per heavy atom. The number of hydrogen-bond donors (Lipinski definition) is 2. The van der Waals surface area contributed by atoms with Crippen LogP contribution in [0.2, 0.25) is 0 Å². The zero-order valence-electron chi connectivity index (χ0n) is 21.4. The Kier molecular flexibility index (Phi) is 8.04. The quantitative estimate of drug-likeness (QED) is 0.301. The summed E-state index contributed by atoms with van der Waals surface area (Å²) in [5.41, 5.74) is 0.476. The third kappa shape index (κ3) is 5.64. The molecule has 0 spiro atoms. The van der Waals surface area contributed by atoms with Crippen molar-refractivity contribution in [3.63, 3.8) is 0 Å². The molecule has 2 N–H and O–H groups in total. The second kappa shape index (κ2) is 11.6. The molecule has 0 aliphatic rings. The van der Waals surface area contributed by atoms with Crippen LogP contribution in [0.3, 0.4) is 0 Å². The second-order valence-electron chi connectivity index (χ2n) is 8.48. The van der Waals surface area contributed by atoms with Gasteiger partial charge in [0.25, 0.3) is 0 Å². The highest BCUT2D eigenvalue weighted by molar-refractivity contribution is 5.90. The lowest BCUT2D eigenvalue weighted by Gasteiger charge is -2.21. The van der Waals surface area contributed by atoms with Crippen LogP contribution in [0.5, 0.6) is 23.0 Å². The molecule has 4 rings (SSSR count). The highest BCUT2D eigenvalue weighted by Gasteiger charge is 2.29. The summed E-state index contributed by atoms with van der Waals surface area (Å²) >= 11 is 0. The molecule has 0 saturated heterocycles. The van der Waals surface area contributed by atoms with Gasteiger partial charge in [-0.1, -0.05) is 36.4 Å². The van der Waals surface area contributed by atoms with Crippen LogP contribution >= 0.6 is 0 Å². The molecule has 0 amide bonds. The van der Waals surface area contributed by atoms with E-state index in [4.69, 9.17) is 18.6 Å². The van der Waals surface area contributed by atoms with Crippen molar-refractivity contribution in [3.8, 4) is 34.3 Å². The van der Waals surface area contributed by atoms with Crippen molar-refractivity contribution in [3.05, 3.63) is 82.0 Å². The topological polar surface area (TPSA) is 142 Å². The third-order valence-electron chi connectivity index (χ3n) is 6.17. The van der Waals surface area contributed by atoms with Gasteiger partial charge in [0.15, 0.2) is 23.5 Å². The summed E-state index contributed by atoms with van der Waals surface area (Å²) in [6.07, 6.45) is -0.272. The van der Waals surface area contributed by atoms with Gasteiger partial charge < -0.3 is 33.6 Å². The van der Waals surface area contributed by atoms with Gasteiger partial charge in [-0.05, 0) is 17.7 Å². The van der Waals surface area contributed by atoms with Crippen LogP contribution in [0.4, 0.5) is 0 Å². The van der Waals surface area contributed by atoms with Crippen molar-refractivity contribution in [2.24, 2.45) is 0 Å². The summed E-state index contributed by atoms with van der Waals surface area (Å²) in [5, 5.41) is 21.5. The summed E-state index contributed by atoms with van der Waals surface area (Å²) in [4.78, 5) is 37.3. The van der Waals surface area contributed by atoms with Gasteiger partial charge in [-0.15, -0.1) is 0 Å². The maximum absolute atomic E-state index is 13.1. The van der Waals surface area contributed by atoms with E-state index in [1.807, 2.05) is 6.07 Å². The highest BCUT2D eigenvalue weighted by atomic mass is 16.6. The van der Waals surface area contributed by atoms with Crippen LogP contribution in [0.15, 0.2) is 69.9 Å². The van der Waals surface area contributed by atoms with Gasteiger partial charge >= 0.3 is 11.9 Å². The zero-order valence-corrected chi connectivity index (χ0v) is 21.4. The van der Waals surface area contributed by atoms with E-state index < -0.39 is 41.4 Å². The van der Waals surface area contributed by atoms with E-state index in [1.165, 1.54) is 33.5 Å². The summed E-state index contributed by atoms with van der Waals surface area (Å²) in [6, 6.07) is 15.8. The largest absolute Gasteiger partial charge is 0.507 e. The molecular formula is C29H26O10. The Balaban J connectivity index is 1.97. The average Bonchev–Trinajstić information content (AvgIpc) is 2.94. The minimum absolute atomic E-state index is 0.0761. The van der Waals surface area contributed by atoms with Crippen molar-refractivity contribution in [2.75, 3.05) is 27.9 Å². The molecule has 202 valence electrons. The van der Waals surface area contributed by atoms with Crippen molar-refractivity contribution in [2.45, 2.75) is 12.3 Å². The fourth-order valence-electron chi connectivity index (χ4n) is 4.26. The lowest BCUT2D eigenvalue weighted by atomic mass is 9.86. The van der Waals surface area contributed by atoms with Crippen LogP contribution in [0.1, 0.15) is 23.5 Å².